The zero-order chi connectivity index (χ0) is 18.1. The molecule has 1 aliphatic rings. The predicted octanol–water partition coefficient (Wildman–Crippen LogP) is 5.12. The third-order valence-electron chi connectivity index (χ3n) is 4.68. The van der Waals surface area contributed by atoms with Crippen LogP contribution in [0, 0.1) is 13.8 Å². The fraction of sp³-hybridized carbons (Fsp3) is 0.238. The second kappa shape index (κ2) is 6.92. The zero-order valence-electron chi connectivity index (χ0n) is 15.1. The maximum atomic E-state index is 5.27. The molecule has 2 heterocycles. The molecule has 1 atom stereocenters. The molecule has 4 nitrogen and oxygen atoms in total. The molecule has 1 aliphatic heterocycles. The molecule has 0 radical (unpaired) electrons. The van der Waals surface area contributed by atoms with Crippen LogP contribution in [0.15, 0.2) is 59.0 Å². The molecular formula is C21H21N3OS. The number of aromatic nitrogens is 1. The number of hydrazone groups is 1. The summed E-state index contributed by atoms with van der Waals surface area (Å²) in [5.74, 6) is 0.857. The molecule has 2 aromatic carbocycles. The Balaban J connectivity index is 1.74. The summed E-state index contributed by atoms with van der Waals surface area (Å²) in [7, 11) is 1.68. The van der Waals surface area contributed by atoms with Gasteiger partial charge in [0, 0.05) is 11.8 Å². The molecule has 0 fully saturated rings. The highest BCUT2D eigenvalue weighted by atomic mass is 32.1. The van der Waals surface area contributed by atoms with Gasteiger partial charge in [-0.15, -0.1) is 11.3 Å². The summed E-state index contributed by atoms with van der Waals surface area (Å²) in [6.07, 6.45) is 0.857. The Labute approximate surface area is 157 Å². The molecule has 3 aromatic rings. The molecule has 5 heteroatoms. The average molecular weight is 363 g/mol. The fourth-order valence-corrected chi connectivity index (χ4v) is 4.10. The lowest BCUT2D eigenvalue weighted by Gasteiger charge is -2.22. The highest BCUT2D eigenvalue weighted by Crippen LogP contribution is 2.39. The number of nitrogens with zero attached hydrogens (tertiary/aromatic N) is 3. The van der Waals surface area contributed by atoms with E-state index in [0.717, 1.165) is 34.3 Å². The van der Waals surface area contributed by atoms with Crippen molar-refractivity contribution in [2.75, 3.05) is 12.1 Å². The van der Waals surface area contributed by atoms with Crippen LogP contribution in [0.4, 0.5) is 5.13 Å². The molecule has 26 heavy (non-hydrogen) atoms. The van der Waals surface area contributed by atoms with Crippen LogP contribution < -0.4 is 9.75 Å². The van der Waals surface area contributed by atoms with Crippen molar-refractivity contribution < 1.29 is 4.74 Å². The van der Waals surface area contributed by atoms with E-state index in [1.54, 1.807) is 18.4 Å². The van der Waals surface area contributed by atoms with Crippen molar-refractivity contribution in [1.82, 2.24) is 4.98 Å². The first kappa shape index (κ1) is 16.8. The molecule has 0 saturated heterocycles. The van der Waals surface area contributed by atoms with Gasteiger partial charge in [0.15, 0.2) is 0 Å². The molecule has 0 amide bonds. The van der Waals surface area contributed by atoms with E-state index in [2.05, 4.69) is 58.7 Å². The first-order valence-corrected chi connectivity index (χ1v) is 9.52. The van der Waals surface area contributed by atoms with E-state index in [9.17, 15) is 0 Å². The molecule has 0 bridgehead atoms. The number of aryl methyl sites for hydroxylation is 2. The van der Waals surface area contributed by atoms with Gasteiger partial charge in [-0.25, -0.2) is 9.99 Å². The van der Waals surface area contributed by atoms with E-state index in [-0.39, 0.29) is 6.04 Å². The van der Waals surface area contributed by atoms with E-state index in [1.807, 2.05) is 19.1 Å². The van der Waals surface area contributed by atoms with Crippen molar-refractivity contribution in [3.05, 3.63) is 76.3 Å². The third kappa shape index (κ3) is 3.10. The van der Waals surface area contributed by atoms with Crippen molar-refractivity contribution >= 4 is 22.2 Å². The lowest BCUT2D eigenvalue weighted by Crippen LogP contribution is -2.19. The molecule has 132 valence electrons. The smallest absolute Gasteiger partial charge is 0.206 e. The van der Waals surface area contributed by atoms with Gasteiger partial charge in [-0.3, -0.25) is 0 Å². The van der Waals surface area contributed by atoms with Crippen LogP contribution in [-0.4, -0.2) is 17.8 Å². The normalized spacial score (nSPS) is 16.7. The second-order valence-electron chi connectivity index (χ2n) is 6.47. The number of hydrogen-bond donors (Lipinski definition) is 0. The minimum Gasteiger partial charge on any atom is -0.497 e. The summed E-state index contributed by atoms with van der Waals surface area (Å²) in [5.41, 5.74) is 5.81. The van der Waals surface area contributed by atoms with Crippen molar-refractivity contribution in [2.24, 2.45) is 5.10 Å². The molecular weight excluding hydrogens is 342 g/mol. The first-order chi connectivity index (χ1) is 12.7. The largest absolute Gasteiger partial charge is 0.497 e. The van der Waals surface area contributed by atoms with E-state index in [4.69, 9.17) is 9.84 Å². The van der Waals surface area contributed by atoms with Gasteiger partial charge in [0.25, 0.3) is 0 Å². The van der Waals surface area contributed by atoms with Gasteiger partial charge in [0.1, 0.15) is 5.75 Å². The van der Waals surface area contributed by atoms with Gasteiger partial charge in [0.05, 0.1) is 24.6 Å². The van der Waals surface area contributed by atoms with E-state index >= 15 is 0 Å². The Morgan fingerprint density at radius 3 is 2.50 bits per heavy atom. The standard InChI is InChI=1S/C21H21N3OS/c1-14-6-4-5-7-18(14)20-12-19(16-8-10-17(25-3)11-9-16)23-24(20)21-22-15(2)13-26-21/h4-11,13,20H,12H2,1-3H3/t20-/m0/s1. The highest BCUT2D eigenvalue weighted by Gasteiger charge is 2.32. The van der Waals surface area contributed by atoms with Gasteiger partial charge in [-0.1, -0.05) is 24.3 Å². The number of benzene rings is 2. The average Bonchev–Trinajstić information content (AvgIpc) is 3.28. The summed E-state index contributed by atoms with van der Waals surface area (Å²) < 4.78 is 5.27. The van der Waals surface area contributed by atoms with Crippen molar-refractivity contribution in [2.45, 2.75) is 26.3 Å². The summed E-state index contributed by atoms with van der Waals surface area (Å²) in [6, 6.07) is 16.8. The maximum absolute atomic E-state index is 5.27. The minimum absolute atomic E-state index is 0.166. The van der Waals surface area contributed by atoms with Crippen molar-refractivity contribution in [1.29, 1.82) is 0 Å². The van der Waals surface area contributed by atoms with Crippen molar-refractivity contribution in [3.8, 4) is 5.75 Å². The van der Waals surface area contributed by atoms with Gasteiger partial charge in [0.2, 0.25) is 5.13 Å². The van der Waals surface area contributed by atoms with Crippen molar-refractivity contribution in [3.63, 3.8) is 0 Å². The lowest BCUT2D eigenvalue weighted by molar-refractivity contribution is 0.415. The summed E-state index contributed by atoms with van der Waals surface area (Å²) in [4.78, 5) is 4.67. The third-order valence-corrected chi connectivity index (χ3v) is 5.63. The topological polar surface area (TPSA) is 37.7 Å². The van der Waals surface area contributed by atoms with Gasteiger partial charge in [-0.2, -0.15) is 5.10 Å². The predicted molar refractivity (Wildman–Crippen MR) is 107 cm³/mol. The minimum atomic E-state index is 0.166. The Morgan fingerprint density at radius 2 is 1.85 bits per heavy atom. The van der Waals surface area contributed by atoms with Crippen LogP contribution in [0.25, 0.3) is 0 Å². The van der Waals surface area contributed by atoms with Gasteiger partial charge in [-0.05, 0) is 54.8 Å². The lowest BCUT2D eigenvalue weighted by atomic mass is 9.95. The molecule has 4 rings (SSSR count). The Hall–Kier alpha value is -2.66. The van der Waals surface area contributed by atoms with Crippen LogP contribution in [-0.2, 0) is 0 Å². The molecule has 0 N–H and O–H groups in total. The van der Waals surface area contributed by atoms with E-state index in [1.165, 1.54) is 11.1 Å². The number of thiazole rings is 1. The van der Waals surface area contributed by atoms with E-state index < -0.39 is 0 Å². The fourth-order valence-electron chi connectivity index (χ4n) is 3.29. The number of methoxy groups -OCH3 is 1. The highest BCUT2D eigenvalue weighted by molar-refractivity contribution is 7.13. The molecule has 1 aromatic heterocycles. The SMILES string of the molecule is COc1ccc(C2=NN(c3nc(C)cs3)[C@H](c3ccccc3C)C2)cc1. The first-order valence-electron chi connectivity index (χ1n) is 8.64. The quantitative estimate of drug-likeness (QED) is 0.645. The Kier molecular flexibility index (Phi) is 4.47. The number of rotatable bonds is 4. The van der Waals surface area contributed by atoms with Crippen LogP contribution >= 0.6 is 11.3 Å². The second-order valence-corrected chi connectivity index (χ2v) is 7.30. The summed E-state index contributed by atoms with van der Waals surface area (Å²) in [6.45, 7) is 4.18. The Morgan fingerprint density at radius 1 is 1.08 bits per heavy atom. The molecule has 0 spiro atoms. The van der Waals surface area contributed by atoms with Gasteiger partial charge >= 0.3 is 0 Å². The van der Waals surface area contributed by atoms with Crippen LogP contribution in [0.3, 0.4) is 0 Å². The monoisotopic (exact) mass is 363 g/mol. The molecule has 0 unspecified atom stereocenters. The summed E-state index contributed by atoms with van der Waals surface area (Å²) >= 11 is 1.64. The van der Waals surface area contributed by atoms with Crippen LogP contribution in [0.1, 0.15) is 34.8 Å². The van der Waals surface area contributed by atoms with Crippen LogP contribution in [0.5, 0.6) is 5.75 Å². The number of ether oxygens (including phenoxy) is 1. The molecule has 0 saturated carbocycles. The van der Waals surface area contributed by atoms with Crippen LogP contribution in [0.2, 0.25) is 0 Å². The van der Waals surface area contributed by atoms with E-state index in [0.29, 0.717) is 0 Å². The number of anilines is 1. The van der Waals surface area contributed by atoms with Gasteiger partial charge < -0.3 is 4.74 Å². The zero-order valence-corrected chi connectivity index (χ0v) is 16.0. The molecule has 0 aliphatic carbocycles. The number of hydrogen-bond acceptors (Lipinski definition) is 5. The maximum Gasteiger partial charge on any atom is 0.206 e. The Bertz CT molecular complexity index is 946. The summed E-state index contributed by atoms with van der Waals surface area (Å²) in [5, 5.41) is 10.1.